The molecule has 17 heavy (non-hydrogen) atoms. The van der Waals surface area contributed by atoms with E-state index in [9.17, 15) is 0 Å². The first-order valence-corrected chi connectivity index (χ1v) is 6.70. The van der Waals surface area contributed by atoms with Gasteiger partial charge in [-0.25, -0.2) is 0 Å². The van der Waals surface area contributed by atoms with Gasteiger partial charge in [0, 0.05) is 12.1 Å². The van der Waals surface area contributed by atoms with Gasteiger partial charge in [0.25, 0.3) is 0 Å². The van der Waals surface area contributed by atoms with Crippen LogP contribution in [0, 0.1) is 12.8 Å². The van der Waals surface area contributed by atoms with Gasteiger partial charge in [0.05, 0.1) is 0 Å². The third-order valence-corrected chi connectivity index (χ3v) is 4.11. The second kappa shape index (κ2) is 5.65. The van der Waals surface area contributed by atoms with Crippen LogP contribution in [-0.4, -0.2) is 13.1 Å². The highest BCUT2D eigenvalue weighted by Crippen LogP contribution is 2.33. The maximum absolute atomic E-state index is 6.41. The lowest BCUT2D eigenvalue weighted by Crippen LogP contribution is -2.33. The van der Waals surface area contributed by atoms with Crippen LogP contribution in [0.3, 0.4) is 0 Å². The first-order valence-electron chi connectivity index (χ1n) is 6.70. The number of nitrogens with two attached hydrogens (primary N) is 1. The summed E-state index contributed by atoms with van der Waals surface area (Å²) in [5.41, 5.74) is 9.02. The Morgan fingerprint density at radius 3 is 2.53 bits per heavy atom. The standard InChI is InChI=1S/C15H24N2/c1-11-4-3-5-13(10-11)15(16)12-6-8-14(17-2)9-7-12/h3-5,10,12,14-15,17H,6-9,16H2,1-2H3. The maximum atomic E-state index is 6.41. The van der Waals surface area contributed by atoms with Crippen LogP contribution in [0.25, 0.3) is 0 Å². The van der Waals surface area contributed by atoms with Crippen molar-refractivity contribution in [2.45, 2.75) is 44.7 Å². The largest absolute Gasteiger partial charge is 0.324 e. The van der Waals surface area contributed by atoms with Crippen LogP contribution < -0.4 is 11.1 Å². The lowest BCUT2D eigenvalue weighted by molar-refractivity contribution is 0.267. The van der Waals surface area contributed by atoms with Crippen LogP contribution in [0.15, 0.2) is 24.3 Å². The van der Waals surface area contributed by atoms with Crippen LogP contribution in [0.2, 0.25) is 0 Å². The molecule has 0 aromatic heterocycles. The minimum absolute atomic E-state index is 0.215. The highest BCUT2D eigenvalue weighted by atomic mass is 14.9. The average Bonchev–Trinajstić information content (AvgIpc) is 2.38. The normalized spacial score (nSPS) is 26.8. The Hall–Kier alpha value is -0.860. The molecule has 1 aliphatic rings. The summed E-state index contributed by atoms with van der Waals surface area (Å²) in [6.07, 6.45) is 5.03. The van der Waals surface area contributed by atoms with E-state index in [1.807, 2.05) is 0 Å². The Labute approximate surface area is 105 Å². The van der Waals surface area contributed by atoms with E-state index in [2.05, 4.69) is 43.6 Å². The number of aryl methyl sites for hydroxylation is 1. The number of hydrogen-bond donors (Lipinski definition) is 2. The van der Waals surface area contributed by atoms with E-state index in [1.54, 1.807) is 0 Å². The first kappa shape index (κ1) is 12.6. The Morgan fingerprint density at radius 2 is 1.94 bits per heavy atom. The zero-order valence-electron chi connectivity index (χ0n) is 10.9. The Bertz CT molecular complexity index is 354. The van der Waals surface area contributed by atoms with Crippen LogP contribution in [0.4, 0.5) is 0 Å². The molecule has 1 fully saturated rings. The molecule has 0 aliphatic heterocycles. The monoisotopic (exact) mass is 232 g/mol. The molecule has 2 heteroatoms. The van der Waals surface area contributed by atoms with Crippen molar-refractivity contribution >= 4 is 0 Å². The fraction of sp³-hybridized carbons (Fsp3) is 0.600. The highest BCUT2D eigenvalue weighted by Gasteiger charge is 2.25. The van der Waals surface area contributed by atoms with Gasteiger partial charge in [-0.1, -0.05) is 29.8 Å². The summed E-state index contributed by atoms with van der Waals surface area (Å²) in [7, 11) is 2.06. The van der Waals surface area contributed by atoms with Gasteiger partial charge in [-0.15, -0.1) is 0 Å². The van der Waals surface area contributed by atoms with Gasteiger partial charge in [-0.3, -0.25) is 0 Å². The van der Waals surface area contributed by atoms with E-state index < -0.39 is 0 Å². The quantitative estimate of drug-likeness (QED) is 0.841. The van der Waals surface area contributed by atoms with Crippen LogP contribution in [0.1, 0.15) is 42.9 Å². The van der Waals surface area contributed by atoms with Crippen LogP contribution in [-0.2, 0) is 0 Å². The van der Waals surface area contributed by atoms with Gasteiger partial charge in [0.2, 0.25) is 0 Å². The molecule has 0 saturated heterocycles. The summed E-state index contributed by atoms with van der Waals surface area (Å²) in [5.74, 6) is 0.654. The van der Waals surface area contributed by atoms with Gasteiger partial charge in [-0.2, -0.15) is 0 Å². The molecule has 94 valence electrons. The molecule has 1 aromatic carbocycles. The molecule has 1 atom stereocenters. The lowest BCUT2D eigenvalue weighted by atomic mass is 9.79. The molecule has 0 bridgehead atoms. The summed E-state index contributed by atoms with van der Waals surface area (Å²) in [5, 5.41) is 3.37. The smallest absolute Gasteiger partial charge is 0.0323 e. The molecule has 0 radical (unpaired) electrons. The van der Waals surface area contributed by atoms with E-state index in [4.69, 9.17) is 5.73 Å². The molecule has 1 aliphatic carbocycles. The Kier molecular flexibility index (Phi) is 4.19. The van der Waals surface area contributed by atoms with Crippen molar-refractivity contribution in [3.8, 4) is 0 Å². The summed E-state index contributed by atoms with van der Waals surface area (Å²) in [6, 6.07) is 9.57. The zero-order chi connectivity index (χ0) is 12.3. The Morgan fingerprint density at radius 1 is 1.24 bits per heavy atom. The van der Waals surface area contributed by atoms with E-state index >= 15 is 0 Å². The van der Waals surface area contributed by atoms with Crippen molar-refractivity contribution < 1.29 is 0 Å². The van der Waals surface area contributed by atoms with Crippen molar-refractivity contribution in [1.82, 2.24) is 5.32 Å². The predicted octanol–water partition coefficient (Wildman–Crippen LogP) is 2.77. The minimum atomic E-state index is 0.215. The molecule has 3 N–H and O–H groups in total. The van der Waals surface area contributed by atoms with Gasteiger partial charge in [-0.05, 0) is 51.1 Å². The molecule has 2 rings (SSSR count). The topological polar surface area (TPSA) is 38.0 Å². The molecule has 1 saturated carbocycles. The molecule has 2 nitrogen and oxygen atoms in total. The molecule has 1 aromatic rings. The number of benzene rings is 1. The second-order valence-electron chi connectivity index (χ2n) is 5.34. The average molecular weight is 232 g/mol. The number of rotatable bonds is 3. The summed E-state index contributed by atoms with van der Waals surface area (Å²) in [4.78, 5) is 0. The predicted molar refractivity (Wildman–Crippen MR) is 72.9 cm³/mol. The number of nitrogens with one attached hydrogen (secondary N) is 1. The van der Waals surface area contributed by atoms with E-state index in [0.29, 0.717) is 12.0 Å². The maximum Gasteiger partial charge on any atom is 0.0323 e. The van der Waals surface area contributed by atoms with Crippen LogP contribution in [0.5, 0.6) is 0 Å². The van der Waals surface area contributed by atoms with E-state index in [0.717, 1.165) is 0 Å². The summed E-state index contributed by atoms with van der Waals surface area (Å²) in [6.45, 7) is 2.13. The second-order valence-corrected chi connectivity index (χ2v) is 5.34. The summed E-state index contributed by atoms with van der Waals surface area (Å²) < 4.78 is 0. The number of hydrogen-bond acceptors (Lipinski definition) is 2. The SMILES string of the molecule is CNC1CCC(C(N)c2cccc(C)c2)CC1. The molecular formula is C15H24N2. The fourth-order valence-electron chi connectivity index (χ4n) is 2.92. The molecule has 0 amide bonds. The van der Waals surface area contributed by atoms with Crippen molar-refractivity contribution in [2.24, 2.45) is 11.7 Å². The third-order valence-electron chi connectivity index (χ3n) is 4.11. The molecule has 0 spiro atoms. The lowest BCUT2D eigenvalue weighted by Gasteiger charge is -2.32. The molecular weight excluding hydrogens is 208 g/mol. The zero-order valence-corrected chi connectivity index (χ0v) is 10.9. The van der Waals surface area contributed by atoms with Crippen molar-refractivity contribution in [3.63, 3.8) is 0 Å². The van der Waals surface area contributed by atoms with Gasteiger partial charge in [0.1, 0.15) is 0 Å². The van der Waals surface area contributed by atoms with Crippen molar-refractivity contribution in [1.29, 1.82) is 0 Å². The third kappa shape index (κ3) is 3.08. The van der Waals surface area contributed by atoms with Gasteiger partial charge < -0.3 is 11.1 Å². The van der Waals surface area contributed by atoms with Gasteiger partial charge >= 0.3 is 0 Å². The first-order chi connectivity index (χ1) is 8.20. The molecule has 0 heterocycles. The van der Waals surface area contributed by atoms with Crippen molar-refractivity contribution in [2.75, 3.05) is 7.05 Å². The van der Waals surface area contributed by atoms with E-state index in [-0.39, 0.29) is 6.04 Å². The fourth-order valence-corrected chi connectivity index (χ4v) is 2.92. The van der Waals surface area contributed by atoms with E-state index in [1.165, 1.54) is 36.8 Å². The van der Waals surface area contributed by atoms with Crippen molar-refractivity contribution in [3.05, 3.63) is 35.4 Å². The highest BCUT2D eigenvalue weighted by molar-refractivity contribution is 5.25. The van der Waals surface area contributed by atoms with Gasteiger partial charge in [0.15, 0.2) is 0 Å². The van der Waals surface area contributed by atoms with Crippen LogP contribution >= 0.6 is 0 Å². The summed E-state index contributed by atoms with van der Waals surface area (Å²) >= 11 is 0. The molecule has 1 unspecified atom stereocenters. The Balaban J connectivity index is 1.99. The minimum Gasteiger partial charge on any atom is -0.324 e.